The van der Waals surface area contributed by atoms with Gasteiger partial charge < -0.3 is 4.42 Å². The van der Waals surface area contributed by atoms with Gasteiger partial charge in [0.05, 0.1) is 17.9 Å². The molecule has 2 aromatic rings. The van der Waals surface area contributed by atoms with Crippen molar-refractivity contribution in [2.75, 3.05) is 0 Å². The van der Waals surface area contributed by atoms with Crippen molar-refractivity contribution in [1.82, 2.24) is 4.98 Å². The summed E-state index contributed by atoms with van der Waals surface area (Å²) in [5.74, 6) is -1.32. The van der Waals surface area contributed by atoms with E-state index >= 15 is 0 Å². The van der Waals surface area contributed by atoms with Gasteiger partial charge in [-0.1, -0.05) is 0 Å². The predicted molar refractivity (Wildman–Crippen MR) is 70.4 cm³/mol. The zero-order valence-electron chi connectivity index (χ0n) is 11.5. The second-order valence-corrected chi connectivity index (χ2v) is 4.67. The molecule has 0 radical (unpaired) electrons. The van der Waals surface area contributed by atoms with E-state index in [2.05, 4.69) is 4.98 Å². The summed E-state index contributed by atoms with van der Waals surface area (Å²) in [4.78, 5) is 15.2. The van der Waals surface area contributed by atoms with E-state index in [4.69, 9.17) is 9.68 Å². The third-order valence-electron chi connectivity index (χ3n) is 3.07. The lowest BCUT2D eigenvalue weighted by molar-refractivity contribution is -0.137. The average Bonchev–Trinajstić information content (AvgIpc) is 2.97. The van der Waals surface area contributed by atoms with Crippen molar-refractivity contribution in [3.63, 3.8) is 0 Å². The minimum absolute atomic E-state index is 0.0227. The van der Waals surface area contributed by atoms with Crippen LogP contribution in [0.25, 0.3) is 11.5 Å². The van der Waals surface area contributed by atoms with Crippen molar-refractivity contribution in [3.8, 4) is 17.5 Å². The number of nitriles is 1. The van der Waals surface area contributed by atoms with Crippen LogP contribution in [0.15, 0.2) is 34.9 Å². The van der Waals surface area contributed by atoms with E-state index in [1.807, 2.05) is 6.07 Å². The number of hydrogen-bond acceptors (Lipinski definition) is 4. The monoisotopic (exact) mass is 308 g/mol. The number of ketones is 1. The molecule has 0 aliphatic heterocycles. The van der Waals surface area contributed by atoms with Gasteiger partial charge in [-0.2, -0.15) is 18.4 Å². The Balaban J connectivity index is 2.47. The molecule has 0 amide bonds. The number of halogens is 3. The molecule has 0 aliphatic carbocycles. The summed E-state index contributed by atoms with van der Waals surface area (Å²) < 4.78 is 44.1. The summed E-state index contributed by atoms with van der Waals surface area (Å²) in [5.41, 5.74) is -1.06. The molecule has 114 valence electrons. The lowest BCUT2D eigenvalue weighted by Gasteiger charge is -2.13. The fourth-order valence-corrected chi connectivity index (χ4v) is 1.93. The number of rotatable bonds is 4. The van der Waals surface area contributed by atoms with Crippen LogP contribution in [0.2, 0.25) is 0 Å². The summed E-state index contributed by atoms with van der Waals surface area (Å²) in [6.45, 7) is 1.26. The molecular weight excluding hydrogens is 297 g/mol. The molecule has 2 heterocycles. The van der Waals surface area contributed by atoms with Gasteiger partial charge in [0.15, 0.2) is 5.76 Å². The summed E-state index contributed by atoms with van der Waals surface area (Å²) >= 11 is 0. The van der Waals surface area contributed by atoms with Crippen molar-refractivity contribution >= 4 is 5.78 Å². The molecule has 0 bridgehead atoms. The van der Waals surface area contributed by atoms with Crippen LogP contribution in [0.4, 0.5) is 13.2 Å². The highest BCUT2D eigenvalue weighted by Crippen LogP contribution is 2.36. The second kappa shape index (κ2) is 6.02. The number of nitrogens with zero attached hydrogens (tertiary/aromatic N) is 2. The lowest BCUT2D eigenvalue weighted by Crippen LogP contribution is -2.14. The largest absolute Gasteiger partial charge is 0.463 e. The fourth-order valence-electron chi connectivity index (χ4n) is 1.93. The zero-order valence-corrected chi connectivity index (χ0v) is 11.5. The van der Waals surface area contributed by atoms with E-state index in [-0.39, 0.29) is 29.4 Å². The van der Waals surface area contributed by atoms with Crippen LogP contribution in [0.3, 0.4) is 0 Å². The number of Topliss-reactive ketones (excluding diaryl/α,β-unsaturated/α-hetero) is 1. The number of hydrogen-bond donors (Lipinski definition) is 0. The predicted octanol–water partition coefficient (Wildman–Crippen LogP) is 3.63. The molecule has 1 unspecified atom stereocenters. The minimum Gasteiger partial charge on any atom is -0.463 e. The van der Waals surface area contributed by atoms with Crippen LogP contribution in [0.5, 0.6) is 0 Å². The normalized spacial score (nSPS) is 12.7. The third-order valence-corrected chi connectivity index (χ3v) is 3.07. The molecule has 0 spiro atoms. The van der Waals surface area contributed by atoms with Gasteiger partial charge in [-0.25, -0.2) is 4.98 Å². The first kappa shape index (κ1) is 15.8. The van der Waals surface area contributed by atoms with Crippen molar-refractivity contribution < 1.29 is 22.4 Å². The van der Waals surface area contributed by atoms with Crippen LogP contribution in [0, 0.1) is 17.2 Å². The maximum absolute atomic E-state index is 13.0. The molecule has 0 N–H and O–H groups in total. The Labute approximate surface area is 124 Å². The molecule has 7 heteroatoms. The Bertz CT molecular complexity index is 715. The molecule has 4 nitrogen and oxygen atoms in total. The first-order chi connectivity index (χ1) is 10.3. The average molecular weight is 308 g/mol. The number of carbonyl (C=O) groups is 1. The highest BCUT2D eigenvalue weighted by Gasteiger charge is 2.35. The van der Waals surface area contributed by atoms with Gasteiger partial charge in [-0.15, -0.1) is 0 Å². The molecule has 0 aromatic carbocycles. The van der Waals surface area contributed by atoms with Crippen LogP contribution in [-0.2, 0) is 17.4 Å². The minimum atomic E-state index is -4.58. The number of carbonyl (C=O) groups excluding carboxylic acids is 1. The molecule has 0 saturated heterocycles. The quantitative estimate of drug-likeness (QED) is 0.865. The van der Waals surface area contributed by atoms with Crippen molar-refractivity contribution in [3.05, 3.63) is 41.8 Å². The molecule has 2 aromatic heterocycles. The van der Waals surface area contributed by atoms with E-state index in [0.717, 1.165) is 6.07 Å². The maximum Gasteiger partial charge on any atom is 0.418 e. The van der Waals surface area contributed by atoms with E-state index in [0.29, 0.717) is 0 Å². The molecule has 22 heavy (non-hydrogen) atoms. The van der Waals surface area contributed by atoms with Gasteiger partial charge in [-0.3, -0.25) is 4.79 Å². The fraction of sp³-hybridized carbons (Fsp3) is 0.267. The third kappa shape index (κ3) is 3.34. The Hall–Kier alpha value is -2.62. The molecule has 2 rings (SSSR count). The van der Waals surface area contributed by atoms with E-state index < -0.39 is 17.7 Å². The first-order valence-corrected chi connectivity index (χ1v) is 6.34. The summed E-state index contributed by atoms with van der Waals surface area (Å²) in [7, 11) is 0. The SMILES string of the molecule is CC(=O)C(C#N)Cc1ccc(C(F)(F)F)c(-c2ccco2)n1. The highest BCUT2D eigenvalue weighted by molar-refractivity contribution is 5.81. The van der Waals surface area contributed by atoms with Crippen molar-refractivity contribution in [1.29, 1.82) is 5.26 Å². The van der Waals surface area contributed by atoms with Gasteiger partial charge >= 0.3 is 6.18 Å². The molecule has 0 saturated carbocycles. The number of aromatic nitrogens is 1. The van der Waals surface area contributed by atoms with Crippen LogP contribution >= 0.6 is 0 Å². The smallest absolute Gasteiger partial charge is 0.418 e. The first-order valence-electron chi connectivity index (χ1n) is 6.34. The van der Waals surface area contributed by atoms with Crippen molar-refractivity contribution in [2.24, 2.45) is 5.92 Å². The summed E-state index contributed by atoms with van der Waals surface area (Å²) in [6.07, 6.45) is -3.38. The summed E-state index contributed by atoms with van der Waals surface area (Å²) in [6, 6.07) is 6.69. The molecule has 0 aliphatic rings. The number of alkyl halides is 3. The second-order valence-electron chi connectivity index (χ2n) is 4.67. The van der Waals surface area contributed by atoms with E-state index in [1.54, 1.807) is 0 Å². The standard InChI is InChI=1S/C15H11F3N2O2/c1-9(21)10(8-19)7-11-4-5-12(15(16,17)18)14(20-11)13-3-2-6-22-13/h2-6,10H,7H2,1H3. The topological polar surface area (TPSA) is 66.9 Å². The Morgan fingerprint density at radius 2 is 2.14 bits per heavy atom. The van der Waals surface area contributed by atoms with E-state index in [1.165, 1.54) is 31.4 Å². The highest BCUT2D eigenvalue weighted by atomic mass is 19.4. The van der Waals surface area contributed by atoms with E-state index in [9.17, 15) is 18.0 Å². The van der Waals surface area contributed by atoms with Crippen LogP contribution < -0.4 is 0 Å². The Morgan fingerprint density at radius 3 is 2.64 bits per heavy atom. The number of furan rings is 1. The lowest BCUT2D eigenvalue weighted by atomic mass is 9.99. The van der Waals surface area contributed by atoms with Gasteiger partial charge in [0, 0.05) is 12.1 Å². The van der Waals surface area contributed by atoms with Crippen LogP contribution in [0.1, 0.15) is 18.2 Å². The Morgan fingerprint density at radius 1 is 1.41 bits per heavy atom. The molecular formula is C15H11F3N2O2. The van der Waals surface area contributed by atoms with Gasteiger partial charge in [0.2, 0.25) is 0 Å². The van der Waals surface area contributed by atoms with Gasteiger partial charge in [-0.05, 0) is 31.2 Å². The Kier molecular flexibility index (Phi) is 4.31. The maximum atomic E-state index is 13.0. The summed E-state index contributed by atoms with van der Waals surface area (Å²) in [5, 5.41) is 8.90. The van der Waals surface area contributed by atoms with Crippen LogP contribution in [-0.4, -0.2) is 10.8 Å². The zero-order chi connectivity index (χ0) is 16.3. The molecule has 0 fully saturated rings. The van der Waals surface area contributed by atoms with Crippen molar-refractivity contribution in [2.45, 2.75) is 19.5 Å². The van der Waals surface area contributed by atoms with Gasteiger partial charge in [0.25, 0.3) is 0 Å². The number of pyridine rings is 1. The van der Waals surface area contributed by atoms with Gasteiger partial charge in [0.1, 0.15) is 17.4 Å². The molecule has 1 atom stereocenters.